The molecule has 4 rings (SSSR count). The minimum atomic E-state index is -0.336. The molecule has 8 heteroatoms. The first-order valence-corrected chi connectivity index (χ1v) is 8.38. The van der Waals surface area contributed by atoms with E-state index in [1.165, 1.54) is 24.3 Å². The standard InChI is InChI=1S/C18H17FN4O3/c19-13-3-5-14(6-4-13)20-18(24)23-9-7-12(8-10-23)16-21-22-17(26-16)15-2-1-11-25-15/h1-6,11-12H,7-10H2,(H,20,24). The van der Waals surface area contributed by atoms with E-state index in [0.29, 0.717) is 36.3 Å². The molecule has 2 amide bonds. The maximum absolute atomic E-state index is 12.9. The van der Waals surface area contributed by atoms with Gasteiger partial charge in [-0.05, 0) is 49.2 Å². The third kappa shape index (κ3) is 3.44. The molecule has 0 atom stereocenters. The average molecular weight is 356 g/mol. The first kappa shape index (κ1) is 16.3. The fraction of sp³-hybridized carbons (Fsp3) is 0.278. The Hall–Kier alpha value is -3.16. The average Bonchev–Trinajstić information content (AvgIpc) is 3.35. The number of amides is 2. The number of piperidine rings is 1. The van der Waals surface area contributed by atoms with Crippen molar-refractivity contribution < 1.29 is 18.0 Å². The predicted molar refractivity (Wildman–Crippen MR) is 91.0 cm³/mol. The summed E-state index contributed by atoms with van der Waals surface area (Å²) in [6.07, 6.45) is 3.02. The summed E-state index contributed by atoms with van der Waals surface area (Å²) < 4.78 is 23.9. The maximum atomic E-state index is 12.9. The van der Waals surface area contributed by atoms with Gasteiger partial charge in [-0.15, -0.1) is 10.2 Å². The van der Waals surface area contributed by atoms with Gasteiger partial charge in [-0.3, -0.25) is 0 Å². The lowest BCUT2D eigenvalue weighted by Gasteiger charge is -2.30. The number of hydrogen-bond donors (Lipinski definition) is 1. The van der Waals surface area contributed by atoms with E-state index in [1.807, 2.05) is 0 Å². The zero-order chi connectivity index (χ0) is 17.9. The Balaban J connectivity index is 1.33. The molecular formula is C18H17FN4O3. The summed E-state index contributed by atoms with van der Waals surface area (Å²) in [5, 5.41) is 10.9. The molecule has 1 N–H and O–H groups in total. The summed E-state index contributed by atoms with van der Waals surface area (Å²) in [5.41, 5.74) is 0.568. The van der Waals surface area contributed by atoms with Crippen molar-refractivity contribution in [3.63, 3.8) is 0 Å². The van der Waals surface area contributed by atoms with Gasteiger partial charge < -0.3 is 19.1 Å². The molecule has 0 unspecified atom stereocenters. The van der Waals surface area contributed by atoms with Crippen molar-refractivity contribution >= 4 is 11.7 Å². The fourth-order valence-corrected chi connectivity index (χ4v) is 2.96. The molecule has 26 heavy (non-hydrogen) atoms. The van der Waals surface area contributed by atoms with Crippen molar-refractivity contribution in [2.45, 2.75) is 18.8 Å². The van der Waals surface area contributed by atoms with E-state index < -0.39 is 0 Å². The van der Waals surface area contributed by atoms with Gasteiger partial charge in [0.1, 0.15) is 5.82 Å². The fourth-order valence-electron chi connectivity index (χ4n) is 2.96. The number of carbonyl (C=O) groups excluding carboxylic acids is 1. The van der Waals surface area contributed by atoms with Gasteiger partial charge in [-0.25, -0.2) is 9.18 Å². The highest BCUT2D eigenvalue weighted by Gasteiger charge is 2.27. The van der Waals surface area contributed by atoms with Crippen LogP contribution in [0.5, 0.6) is 0 Å². The van der Waals surface area contributed by atoms with E-state index in [1.54, 1.807) is 23.3 Å². The van der Waals surface area contributed by atoms with E-state index in [0.717, 1.165) is 12.8 Å². The maximum Gasteiger partial charge on any atom is 0.321 e. The first-order chi connectivity index (χ1) is 12.7. The van der Waals surface area contributed by atoms with Crippen LogP contribution in [0.25, 0.3) is 11.7 Å². The Bertz CT molecular complexity index is 868. The van der Waals surface area contributed by atoms with Crippen LogP contribution in [0.3, 0.4) is 0 Å². The van der Waals surface area contributed by atoms with Gasteiger partial charge >= 0.3 is 6.03 Å². The second-order valence-electron chi connectivity index (χ2n) is 6.12. The van der Waals surface area contributed by atoms with Crippen LogP contribution >= 0.6 is 0 Å². The van der Waals surface area contributed by atoms with Crippen LogP contribution in [0.4, 0.5) is 14.9 Å². The molecule has 0 spiro atoms. The van der Waals surface area contributed by atoms with Crippen molar-refractivity contribution in [2.24, 2.45) is 0 Å². The lowest BCUT2D eigenvalue weighted by molar-refractivity contribution is 0.190. The topological polar surface area (TPSA) is 84.4 Å². The van der Waals surface area contributed by atoms with Crippen LogP contribution in [-0.4, -0.2) is 34.2 Å². The lowest BCUT2D eigenvalue weighted by atomic mass is 9.97. The molecule has 1 aliphatic heterocycles. The molecule has 134 valence electrons. The normalized spacial score (nSPS) is 15.2. The summed E-state index contributed by atoms with van der Waals surface area (Å²) in [6.45, 7) is 1.16. The summed E-state index contributed by atoms with van der Waals surface area (Å²) in [5.74, 6) is 1.25. The summed E-state index contributed by atoms with van der Waals surface area (Å²) in [7, 11) is 0. The molecule has 3 aromatic rings. The molecule has 1 saturated heterocycles. The van der Waals surface area contributed by atoms with Gasteiger partial charge in [-0.1, -0.05) is 0 Å². The zero-order valence-electron chi connectivity index (χ0n) is 13.9. The van der Waals surface area contributed by atoms with E-state index in [4.69, 9.17) is 8.83 Å². The predicted octanol–water partition coefficient (Wildman–Crippen LogP) is 3.88. The third-order valence-electron chi connectivity index (χ3n) is 4.40. The number of carbonyl (C=O) groups is 1. The highest BCUT2D eigenvalue weighted by Crippen LogP contribution is 2.29. The molecule has 0 aliphatic carbocycles. The minimum absolute atomic E-state index is 0.112. The summed E-state index contributed by atoms with van der Waals surface area (Å²) >= 11 is 0. The molecule has 3 heterocycles. The minimum Gasteiger partial charge on any atom is -0.459 e. The quantitative estimate of drug-likeness (QED) is 0.770. The van der Waals surface area contributed by atoms with Crippen LogP contribution in [0, 0.1) is 5.82 Å². The first-order valence-electron chi connectivity index (χ1n) is 8.38. The van der Waals surface area contributed by atoms with E-state index in [2.05, 4.69) is 15.5 Å². The Morgan fingerprint density at radius 2 is 1.92 bits per heavy atom. The van der Waals surface area contributed by atoms with Crippen LogP contribution in [-0.2, 0) is 0 Å². The van der Waals surface area contributed by atoms with E-state index >= 15 is 0 Å². The number of nitrogens with one attached hydrogen (secondary N) is 1. The highest BCUT2D eigenvalue weighted by atomic mass is 19.1. The number of hydrogen-bond acceptors (Lipinski definition) is 5. The van der Waals surface area contributed by atoms with Gasteiger partial charge in [0.2, 0.25) is 5.89 Å². The van der Waals surface area contributed by atoms with Crippen LogP contribution in [0.1, 0.15) is 24.7 Å². The molecule has 0 bridgehead atoms. The van der Waals surface area contributed by atoms with Crippen LogP contribution < -0.4 is 5.32 Å². The largest absolute Gasteiger partial charge is 0.459 e. The number of halogens is 1. The number of anilines is 1. The molecule has 0 saturated carbocycles. The summed E-state index contributed by atoms with van der Waals surface area (Å²) in [4.78, 5) is 14.0. The van der Waals surface area contributed by atoms with Crippen LogP contribution in [0.2, 0.25) is 0 Å². The Kier molecular flexibility index (Phi) is 4.39. The smallest absolute Gasteiger partial charge is 0.321 e. The number of rotatable bonds is 3. The van der Waals surface area contributed by atoms with Gasteiger partial charge in [-0.2, -0.15) is 0 Å². The summed E-state index contributed by atoms with van der Waals surface area (Å²) in [6, 6.07) is 9.03. The third-order valence-corrected chi connectivity index (χ3v) is 4.40. The number of benzene rings is 1. The molecule has 1 aliphatic rings. The number of furan rings is 1. The second kappa shape index (κ2) is 6.99. The number of aromatic nitrogens is 2. The van der Waals surface area contributed by atoms with Crippen LogP contribution in [0.15, 0.2) is 51.5 Å². The SMILES string of the molecule is O=C(Nc1ccc(F)cc1)N1CCC(c2nnc(-c3ccco3)o2)CC1. The number of likely N-dealkylation sites (tertiary alicyclic amines) is 1. The van der Waals surface area contributed by atoms with Crippen molar-refractivity contribution in [3.8, 4) is 11.7 Å². The Morgan fingerprint density at radius 3 is 2.62 bits per heavy atom. The monoisotopic (exact) mass is 356 g/mol. The molecule has 2 aromatic heterocycles. The highest BCUT2D eigenvalue weighted by molar-refractivity contribution is 5.89. The van der Waals surface area contributed by atoms with E-state index in [-0.39, 0.29) is 17.8 Å². The molecule has 1 fully saturated rings. The lowest BCUT2D eigenvalue weighted by Crippen LogP contribution is -2.40. The van der Waals surface area contributed by atoms with Gasteiger partial charge in [0, 0.05) is 24.7 Å². The van der Waals surface area contributed by atoms with Gasteiger partial charge in [0.05, 0.1) is 6.26 Å². The van der Waals surface area contributed by atoms with Gasteiger partial charge in [0.15, 0.2) is 5.76 Å². The van der Waals surface area contributed by atoms with E-state index in [9.17, 15) is 9.18 Å². The molecule has 7 nitrogen and oxygen atoms in total. The van der Waals surface area contributed by atoms with Crippen molar-refractivity contribution in [1.82, 2.24) is 15.1 Å². The zero-order valence-corrected chi connectivity index (χ0v) is 13.9. The number of nitrogens with zero attached hydrogens (tertiary/aromatic N) is 3. The molecule has 1 aromatic carbocycles. The second-order valence-corrected chi connectivity index (χ2v) is 6.12. The van der Waals surface area contributed by atoms with Crippen molar-refractivity contribution in [3.05, 3.63) is 54.4 Å². The van der Waals surface area contributed by atoms with Crippen molar-refractivity contribution in [1.29, 1.82) is 0 Å². The Labute approximate surface area is 148 Å². The Morgan fingerprint density at radius 1 is 1.15 bits per heavy atom. The number of urea groups is 1. The molecule has 0 radical (unpaired) electrons. The van der Waals surface area contributed by atoms with Gasteiger partial charge in [0.25, 0.3) is 5.89 Å². The van der Waals surface area contributed by atoms with Crippen molar-refractivity contribution in [2.75, 3.05) is 18.4 Å². The molecular weight excluding hydrogens is 339 g/mol.